The molecule has 0 N–H and O–H groups in total. The van der Waals surface area contributed by atoms with Gasteiger partial charge in [-0.15, -0.1) is 5.10 Å². The molecule has 0 bridgehead atoms. The van der Waals surface area contributed by atoms with Gasteiger partial charge in [-0.3, -0.25) is 4.79 Å². The molecule has 1 saturated heterocycles. The Morgan fingerprint density at radius 3 is 3.12 bits per heavy atom. The van der Waals surface area contributed by atoms with Crippen LogP contribution in [0, 0.1) is 5.92 Å². The number of amides is 1. The molecule has 1 aliphatic rings. The van der Waals surface area contributed by atoms with E-state index in [1.807, 2.05) is 11.0 Å². The average Bonchev–Trinajstić information content (AvgIpc) is 2.99. The third kappa shape index (κ3) is 3.53. The van der Waals surface area contributed by atoms with Crippen molar-refractivity contribution in [3.63, 3.8) is 0 Å². The highest BCUT2D eigenvalue weighted by Crippen LogP contribution is 2.21. The van der Waals surface area contributed by atoms with Crippen LogP contribution in [-0.4, -0.2) is 47.3 Å². The van der Waals surface area contributed by atoms with Crippen LogP contribution in [0.2, 0.25) is 0 Å². The van der Waals surface area contributed by atoms with Gasteiger partial charge in [-0.05, 0) is 36.2 Å². The summed E-state index contributed by atoms with van der Waals surface area (Å²) in [6.07, 6.45) is 4.10. The highest BCUT2D eigenvalue weighted by molar-refractivity contribution is 5.92. The smallest absolute Gasteiger partial charge is 0.274 e. The Kier molecular flexibility index (Phi) is 4.43. The number of aromatic nitrogens is 2. The number of carbonyl (C=O) groups is 1. The van der Waals surface area contributed by atoms with E-state index in [9.17, 15) is 4.79 Å². The van der Waals surface area contributed by atoms with Gasteiger partial charge in [0.25, 0.3) is 5.91 Å². The van der Waals surface area contributed by atoms with Gasteiger partial charge in [0, 0.05) is 30.6 Å². The van der Waals surface area contributed by atoms with Crippen molar-refractivity contribution in [2.45, 2.75) is 6.42 Å². The molecule has 1 aliphatic heterocycles. The fourth-order valence-corrected chi connectivity index (χ4v) is 3.23. The zero-order valence-corrected chi connectivity index (χ0v) is 13.8. The van der Waals surface area contributed by atoms with E-state index in [-0.39, 0.29) is 11.8 Å². The molecule has 128 valence electrons. The Balaban J connectivity index is 1.48. The molecule has 0 radical (unpaired) electrons. The van der Waals surface area contributed by atoms with Crippen LogP contribution in [0.3, 0.4) is 0 Å². The Morgan fingerprint density at radius 1 is 1.28 bits per heavy atom. The van der Waals surface area contributed by atoms with Gasteiger partial charge in [-0.25, -0.2) is 0 Å². The predicted octanol–water partition coefficient (Wildman–Crippen LogP) is 2.55. The topological polar surface area (TPSA) is 68.5 Å². The average molecular weight is 337 g/mol. The van der Waals surface area contributed by atoms with Crippen molar-refractivity contribution in [2.24, 2.45) is 5.92 Å². The van der Waals surface area contributed by atoms with Crippen molar-refractivity contribution in [2.75, 3.05) is 26.3 Å². The summed E-state index contributed by atoms with van der Waals surface area (Å²) in [7, 11) is 0. The zero-order chi connectivity index (χ0) is 17.1. The van der Waals surface area contributed by atoms with Crippen LogP contribution in [0.1, 0.15) is 16.1 Å². The summed E-state index contributed by atoms with van der Waals surface area (Å²) in [6.45, 7) is 2.40. The van der Waals surface area contributed by atoms with Crippen molar-refractivity contribution in [3.05, 3.63) is 60.1 Å². The molecule has 25 heavy (non-hydrogen) atoms. The van der Waals surface area contributed by atoms with Gasteiger partial charge in [-0.1, -0.05) is 12.1 Å². The van der Waals surface area contributed by atoms with Gasteiger partial charge < -0.3 is 14.1 Å². The lowest BCUT2D eigenvalue weighted by Gasteiger charge is -2.23. The minimum atomic E-state index is -0.0925. The molecular formula is C19H19N3O3. The molecule has 1 atom stereocenters. The van der Waals surface area contributed by atoms with Gasteiger partial charge in [0.1, 0.15) is 5.58 Å². The molecule has 3 aromatic rings. The highest BCUT2D eigenvalue weighted by atomic mass is 16.5. The molecule has 2 aromatic heterocycles. The number of ether oxygens (including phenoxy) is 1. The highest BCUT2D eigenvalue weighted by Gasteiger charge is 2.24. The van der Waals surface area contributed by atoms with Gasteiger partial charge in [-0.2, -0.15) is 5.10 Å². The number of rotatable bonds is 3. The molecule has 4 rings (SSSR count). The Labute approximate surface area is 145 Å². The van der Waals surface area contributed by atoms with Gasteiger partial charge in [0.05, 0.1) is 19.5 Å². The third-order valence-corrected chi connectivity index (χ3v) is 4.46. The number of nitrogens with zero attached hydrogens (tertiary/aromatic N) is 3. The van der Waals surface area contributed by atoms with Crippen molar-refractivity contribution in [1.29, 1.82) is 0 Å². The molecule has 6 nitrogen and oxygen atoms in total. The molecule has 1 fully saturated rings. The third-order valence-electron chi connectivity index (χ3n) is 4.46. The van der Waals surface area contributed by atoms with E-state index in [1.54, 1.807) is 24.6 Å². The Morgan fingerprint density at radius 2 is 2.24 bits per heavy atom. The van der Waals surface area contributed by atoms with Gasteiger partial charge in [0.2, 0.25) is 0 Å². The van der Waals surface area contributed by atoms with Crippen LogP contribution in [0.4, 0.5) is 0 Å². The summed E-state index contributed by atoms with van der Waals surface area (Å²) in [4.78, 5) is 14.5. The van der Waals surface area contributed by atoms with Crippen molar-refractivity contribution in [1.82, 2.24) is 15.1 Å². The van der Waals surface area contributed by atoms with E-state index in [1.165, 1.54) is 5.56 Å². The van der Waals surface area contributed by atoms with Gasteiger partial charge >= 0.3 is 0 Å². The van der Waals surface area contributed by atoms with Crippen LogP contribution >= 0.6 is 0 Å². The summed E-state index contributed by atoms with van der Waals surface area (Å²) in [5.41, 5.74) is 2.45. The van der Waals surface area contributed by atoms with Crippen LogP contribution in [-0.2, 0) is 11.2 Å². The Hall–Kier alpha value is -2.73. The molecule has 6 heteroatoms. The normalized spacial score (nSPS) is 18.2. The molecule has 0 saturated carbocycles. The molecule has 3 heterocycles. The molecule has 0 spiro atoms. The second-order valence-electron chi connectivity index (χ2n) is 6.30. The first-order chi connectivity index (χ1) is 12.3. The summed E-state index contributed by atoms with van der Waals surface area (Å²) in [6, 6.07) is 11.6. The summed E-state index contributed by atoms with van der Waals surface area (Å²) < 4.78 is 11.2. The minimum Gasteiger partial charge on any atom is -0.464 e. The minimum absolute atomic E-state index is 0.0925. The first-order valence-electron chi connectivity index (χ1n) is 8.40. The standard InChI is InChI=1S/C19H19N3O3/c23-19(17-2-1-6-20-21-17)22-7-9-24-13-15(12-22)10-14-3-4-16-5-8-25-18(16)11-14/h1-6,8,11,15H,7,9-10,12-13H2. The van der Waals surface area contributed by atoms with E-state index in [0.29, 0.717) is 32.0 Å². The summed E-state index contributed by atoms with van der Waals surface area (Å²) in [5, 5.41) is 8.82. The quantitative estimate of drug-likeness (QED) is 0.735. The second-order valence-corrected chi connectivity index (χ2v) is 6.30. The number of furan rings is 1. The van der Waals surface area contributed by atoms with E-state index >= 15 is 0 Å². The SMILES string of the molecule is O=C(c1cccnn1)N1CCOCC(Cc2ccc3ccoc3c2)C1. The van der Waals surface area contributed by atoms with Crippen LogP contribution in [0.15, 0.2) is 53.3 Å². The Bertz CT molecular complexity index is 862. The fraction of sp³-hybridized carbons (Fsp3) is 0.316. The molecule has 1 unspecified atom stereocenters. The first-order valence-corrected chi connectivity index (χ1v) is 8.40. The maximum atomic E-state index is 12.6. The lowest BCUT2D eigenvalue weighted by atomic mass is 9.99. The number of carbonyl (C=O) groups excluding carboxylic acids is 1. The lowest BCUT2D eigenvalue weighted by molar-refractivity contribution is 0.0730. The van der Waals surface area contributed by atoms with E-state index in [2.05, 4.69) is 28.4 Å². The van der Waals surface area contributed by atoms with Crippen molar-refractivity contribution < 1.29 is 13.9 Å². The lowest BCUT2D eigenvalue weighted by Crippen LogP contribution is -2.37. The maximum Gasteiger partial charge on any atom is 0.274 e. The van der Waals surface area contributed by atoms with Crippen molar-refractivity contribution in [3.8, 4) is 0 Å². The molecule has 1 amide bonds. The van der Waals surface area contributed by atoms with E-state index in [0.717, 1.165) is 17.4 Å². The molecule has 1 aromatic carbocycles. The maximum absolute atomic E-state index is 12.6. The number of fused-ring (bicyclic) bond motifs is 1. The largest absolute Gasteiger partial charge is 0.464 e. The summed E-state index contributed by atoms with van der Waals surface area (Å²) >= 11 is 0. The van der Waals surface area contributed by atoms with E-state index in [4.69, 9.17) is 9.15 Å². The number of hydrogen-bond acceptors (Lipinski definition) is 5. The number of hydrogen-bond donors (Lipinski definition) is 0. The van der Waals surface area contributed by atoms with Crippen molar-refractivity contribution >= 4 is 16.9 Å². The molecular weight excluding hydrogens is 318 g/mol. The van der Waals surface area contributed by atoms with Crippen LogP contribution in [0.25, 0.3) is 11.0 Å². The van der Waals surface area contributed by atoms with Crippen LogP contribution in [0.5, 0.6) is 0 Å². The molecule has 0 aliphatic carbocycles. The van der Waals surface area contributed by atoms with Crippen LogP contribution < -0.4 is 0 Å². The predicted molar refractivity (Wildman–Crippen MR) is 92.2 cm³/mol. The number of benzene rings is 1. The fourth-order valence-electron chi connectivity index (χ4n) is 3.23. The monoisotopic (exact) mass is 337 g/mol. The zero-order valence-electron chi connectivity index (χ0n) is 13.8. The summed E-state index contributed by atoms with van der Waals surface area (Å²) in [5.74, 6) is 0.139. The second kappa shape index (κ2) is 7.03. The van der Waals surface area contributed by atoms with E-state index < -0.39 is 0 Å². The first kappa shape index (κ1) is 15.8. The van der Waals surface area contributed by atoms with Gasteiger partial charge in [0.15, 0.2) is 5.69 Å².